The Morgan fingerprint density at radius 3 is 2.60 bits per heavy atom. The molecule has 1 fully saturated rings. The maximum absolute atomic E-state index is 12.7. The standard InChI is InChI=1S/C15H22N2O3/c1-4-16-10(2)9-12(11(16)3)14(18)17-8-6-5-7-13(17)15(19)20/h9,13H,4-8H2,1-3H3,(H,19,20)/t13-/m1/s1. The van der Waals surface area contributed by atoms with E-state index in [4.69, 9.17) is 0 Å². The lowest BCUT2D eigenvalue weighted by Crippen LogP contribution is -2.48. The van der Waals surface area contributed by atoms with Crippen LogP contribution in [0, 0.1) is 13.8 Å². The number of aromatic nitrogens is 1. The van der Waals surface area contributed by atoms with Crippen molar-refractivity contribution in [2.75, 3.05) is 6.54 Å². The SMILES string of the molecule is CCn1c(C)cc(C(=O)N2CCCC[C@@H]2C(=O)O)c1C. The molecule has 1 aromatic heterocycles. The van der Waals surface area contributed by atoms with Crippen molar-refractivity contribution in [3.8, 4) is 0 Å². The first-order valence-corrected chi connectivity index (χ1v) is 7.17. The lowest BCUT2D eigenvalue weighted by Gasteiger charge is -2.33. The van der Waals surface area contributed by atoms with E-state index >= 15 is 0 Å². The second-order valence-corrected chi connectivity index (χ2v) is 5.38. The highest BCUT2D eigenvalue weighted by molar-refractivity contribution is 5.98. The van der Waals surface area contributed by atoms with Crippen LogP contribution in [0.15, 0.2) is 6.07 Å². The Kier molecular flexibility index (Phi) is 4.16. The molecular formula is C15H22N2O3. The summed E-state index contributed by atoms with van der Waals surface area (Å²) in [5.74, 6) is -1.05. The van der Waals surface area contributed by atoms with Gasteiger partial charge in [-0.05, 0) is 46.1 Å². The molecule has 1 aliphatic heterocycles. The highest BCUT2D eigenvalue weighted by Gasteiger charge is 2.33. The summed E-state index contributed by atoms with van der Waals surface area (Å²) in [7, 11) is 0. The zero-order chi connectivity index (χ0) is 14.9. The first-order valence-electron chi connectivity index (χ1n) is 7.17. The van der Waals surface area contributed by atoms with E-state index in [1.807, 2.05) is 26.8 Å². The van der Waals surface area contributed by atoms with Gasteiger partial charge in [0.15, 0.2) is 0 Å². The molecule has 20 heavy (non-hydrogen) atoms. The number of amides is 1. The van der Waals surface area contributed by atoms with E-state index in [0.29, 0.717) is 18.5 Å². The summed E-state index contributed by atoms with van der Waals surface area (Å²) in [4.78, 5) is 25.5. The van der Waals surface area contributed by atoms with Gasteiger partial charge in [-0.2, -0.15) is 0 Å². The average molecular weight is 278 g/mol. The van der Waals surface area contributed by atoms with Gasteiger partial charge in [0.1, 0.15) is 6.04 Å². The van der Waals surface area contributed by atoms with Crippen molar-refractivity contribution < 1.29 is 14.7 Å². The Labute approximate surface area is 119 Å². The molecule has 1 amide bonds. The zero-order valence-corrected chi connectivity index (χ0v) is 12.3. The zero-order valence-electron chi connectivity index (χ0n) is 12.3. The highest BCUT2D eigenvalue weighted by Crippen LogP contribution is 2.23. The second-order valence-electron chi connectivity index (χ2n) is 5.38. The number of aryl methyl sites for hydroxylation is 1. The molecule has 1 N–H and O–H groups in total. The normalized spacial score (nSPS) is 19.1. The number of hydrogen-bond acceptors (Lipinski definition) is 2. The molecule has 1 aliphatic rings. The average Bonchev–Trinajstić information content (AvgIpc) is 2.72. The van der Waals surface area contributed by atoms with Gasteiger partial charge in [0.2, 0.25) is 0 Å². The minimum atomic E-state index is -0.901. The van der Waals surface area contributed by atoms with E-state index in [2.05, 4.69) is 4.57 Å². The number of carbonyl (C=O) groups is 2. The van der Waals surface area contributed by atoms with Crippen molar-refractivity contribution in [2.24, 2.45) is 0 Å². The molecule has 2 rings (SSSR count). The molecule has 1 atom stereocenters. The van der Waals surface area contributed by atoms with Crippen molar-refractivity contribution in [2.45, 2.75) is 52.6 Å². The minimum Gasteiger partial charge on any atom is -0.480 e. The lowest BCUT2D eigenvalue weighted by atomic mass is 10.0. The van der Waals surface area contributed by atoms with Crippen LogP contribution in [-0.4, -0.2) is 39.0 Å². The van der Waals surface area contributed by atoms with Crippen LogP contribution in [0.1, 0.15) is 47.9 Å². The molecule has 0 aliphatic carbocycles. The van der Waals surface area contributed by atoms with E-state index in [-0.39, 0.29) is 5.91 Å². The maximum Gasteiger partial charge on any atom is 0.326 e. The van der Waals surface area contributed by atoms with E-state index < -0.39 is 12.0 Å². The Morgan fingerprint density at radius 1 is 1.35 bits per heavy atom. The van der Waals surface area contributed by atoms with Crippen molar-refractivity contribution in [3.05, 3.63) is 23.0 Å². The van der Waals surface area contributed by atoms with Gasteiger partial charge in [-0.15, -0.1) is 0 Å². The molecular weight excluding hydrogens is 256 g/mol. The minimum absolute atomic E-state index is 0.148. The van der Waals surface area contributed by atoms with Gasteiger partial charge in [0.05, 0.1) is 5.56 Å². The van der Waals surface area contributed by atoms with Crippen LogP contribution in [0.2, 0.25) is 0 Å². The number of nitrogens with zero attached hydrogens (tertiary/aromatic N) is 2. The van der Waals surface area contributed by atoms with Crippen LogP contribution in [-0.2, 0) is 11.3 Å². The Hall–Kier alpha value is -1.78. The molecule has 0 radical (unpaired) electrons. The third kappa shape index (κ3) is 2.44. The third-order valence-corrected chi connectivity index (χ3v) is 4.17. The predicted octanol–water partition coefficient (Wildman–Crippen LogP) is 2.20. The summed E-state index contributed by atoms with van der Waals surface area (Å²) < 4.78 is 2.08. The van der Waals surface area contributed by atoms with Crippen molar-refractivity contribution in [3.63, 3.8) is 0 Å². The predicted molar refractivity (Wildman–Crippen MR) is 75.9 cm³/mol. The van der Waals surface area contributed by atoms with Gasteiger partial charge in [-0.1, -0.05) is 0 Å². The van der Waals surface area contributed by atoms with E-state index in [1.54, 1.807) is 0 Å². The Bertz CT molecular complexity index is 533. The first kappa shape index (κ1) is 14.6. The van der Waals surface area contributed by atoms with Crippen LogP contribution in [0.5, 0.6) is 0 Å². The van der Waals surface area contributed by atoms with Gasteiger partial charge in [-0.25, -0.2) is 4.79 Å². The number of carbonyl (C=O) groups excluding carboxylic acids is 1. The van der Waals surface area contributed by atoms with Crippen LogP contribution in [0.3, 0.4) is 0 Å². The number of hydrogen-bond donors (Lipinski definition) is 1. The number of aliphatic carboxylic acids is 1. The molecule has 0 saturated carbocycles. The molecule has 2 heterocycles. The largest absolute Gasteiger partial charge is 0.480 e. The molecule has 1 aromatic rings. The first-order chi connectivity index (χ1) is 9.47. The monoisotopic (exact) mass is 278 g/mol. The molecule has 5 nitrogen and oxygen atoms in total. The third-order valence-electron chi connectivity index (χ3n) is 4.17. The number of likely N-dealkylation sites (tertiary alicyclic amines) is 1. The number of rotatable bonds is 3. The summed E-state index contributed by atoms with van der Waals surface area (Å²) in [5, 5.41) is 9.28. The van der Waals surface area contributed by atoms with Gasteiger partial charge in [0, 0.05) is 24.5 Å². The van der Waals surface area contributed by atoms with Crippen molar-refractivity contribution >= 4 is 11.9 Å². The Morgan fingerprint density at radius 2 is 2.05 bits per heavy atom. The fourth-order valence-electron chi connectivity index (χ4n) is 3.09. The second kappa shape index (κ2) is 5.69. The molecule has 0 bridgehead atoms. The molecule has 0 unspecified atom stereocenters. The number of carboxylic acids is 1. The maximum atomic E-state index is 12.7. The van der Waals surface area contributed by atoms with Crippen LogP contribution < -0.4 is 0 Å². The molecule has 5 heteroatoms. The van der Waals surface area contributed by atoms with E-state index in [0.717, 1.165) is 30.8 Å². The Balaban J connectivity index is 2.32. The van der Waals surface area contributed by atoms with E-state index in [9.17, 15) is 14.7 Å². The van der Waals surface area contributed by atoms with Crippen LogP contribution in [0.25, 0.3) is 0 Å². The quantitative estimate of drug-likeness (QED) is 0.922. The molecule has 0 aromatic carbocycles. The topological polar surface area (TPSA) is 62.5 Å². The summed E-state index contributed by atoms with van der Waals surface area (Å²) >= 11 is 0. The number of carboxylic acid groups (broad SMARTS) is 1. The smallest absolute Gasteiger partial charge is 0.326 e. The molecule has 1 saturated heterocycles. The van der Waals surface area contributed by atoms with Gasteiger partial charge in [-0.3, -0.25) is 4.79 Å². The number of piperidine rings is 1. The van der Waals surface area contributed by atoms with Gasteiger partial charge >= 0.3 is 5.97 Å². The van der Waals surface area contributed by atoms with Crippen molar-refractivity contribution in [1.82, 2.24) is 9.47 Å². The summed E-state index contributed by atoms with van der Waals surface area (Å²) in [5.41, 5.74) is 2.60. The van der Waals surface area contributed by atoms with E-state index in [1.165, 1.54) is 4.90 Å². The fourth-order valence-corrected chi connectivity index (χ4v) is 3.09. The van der Waals surface area contributed by atoms with Gasteiger partial charge < -0.3 is 14.6 Å². The molecule has 110 valence electrons. The summed E-state index contributed by atoms with van der Waals surface area (Å²) in [6.07, 6.45) is 2.30. The van der Waals surface area contributed by atoms with Crippen molar-refractivity contribution in [1.29, 1.82) is 0 Å². The fraction of sp³-hybridized carbons (Fsp3) is 0.600. The molecule has 0 spiro atoms. The summed E-state index contributed by atoms with van der Waals surface area (Å²) in [6.45, 7) is 7.27. The highest BCUT2D eigenvalue weighted by atomic mass is 16.4. The summed E-state index contributed by atoms with van der Waals surface area (Å²) in [6, 6.07) is 1.19. The van der Waals surface area contributed by atoms with Gasteiger partial charge in [0.25, 0.3) is 5.91 Å². The lowest BCUT2D eigenvalue weighted by molar-refractivity contribution is -0.143. The van der Waals surface area contributed by atoms with Crippen LogP contribution >= 0.6 is 0 Å². The van der Waals surface area contributed by atoms with Crippen LogP contribution in [0.4, 0.5) is 0 Å².